The van der Waals surface area contributed by atoms with Crippen molar-refractivity contribution in [3.63, 3.8) is 0 Å². The lowest BCUT2D eigenvalue weighted by Crippen LogP contribution is -2.24. The van der Waals surface area contributed by atoms with Crippen molar-refractivity contribution in [3.8, 4) is 5.75 Å². The van der Waals surface area contributed by atoms with Gasteiger partial charge in [0.05, 0.1) is 5.56 Å². The van der Waals surface area contributed by atoms with Crippen LogP contribution in [0.3, 0.4) is 0 Å². The molecule has 0 saturated heterocycles. The van der Waals surface area contributed by atoms with Crippen LogP contribution in [-0.4, -0.2) is 18.7 Å². The number of carbonyl (C=O) groups is 1. The average Bonchev–Trinajstić information content (AvgIpc) is 3.19. The highest BCUT2D eigenvalue weighted by Crippen LogP contribution is 2.39. The lowest BCUT2D eigenvalue weighted by molar-refractivity contribution is 0.0951. The van der Waals surface area contributed by atoms with Gasteiger partial charge in [0.2, 0.25) is 0 Å². The fourth-order valence-corrected chi connectivity index (χ4v) is 4.91. The summed E-state index contributed by atoms with van der Waals surface area (Å²) in [5.41, 5.74) is 3.98. The zero-order valence-corrected chi connectivity index (χ0v) is 18.3. The fourth-order valence-electron chi connectivity index (χ4n) is 3.68. The van der Waals surface area contributed by atoms with Crippen molar-refractivity contribution < 1.29 is 9.53 Å². The van der Waals surface area contributed by atoms with Crippen molar-refractivity contribution in [1.29, 1.82) is 0 Å². The summed E-state index contributed by atoms with van der Waals surface area (Å²) in [6.45, 7) is 4.65. The molecule has 1 aromatic heterocycles. The van der Waals surface area contributed by atoms with Gasteiger partial charge in [-0.05, 0) is 66.6 Å². The molecule has 1 heterocycles. The Hall–Kier alpha value is -3.18. The molecule has 3 aromatic rings. The Kier molecular flexibility index (Phi) is 6.95. The molecule has 1 aliphatic carbocycles. The van der Waals surface area contributed by atoms with E-state index in [1.165, 1.54) is 16.9 Å². The first-order valence-electron chi connectivity index (χ1n) is 10.6. The molecule has 5 heteroatoms. The van der Waals surface area contributed by atoms with Crippen LogP contribution in [0.4, 0.5) is 5.00 Å². The molecule has 4 rings (SSSR count). The monoisotopic (exact) mass is 430 g/mol. The minimum absolute atomic E-state index is 0.0384. The molecule has 0 aliphatic heterocycles. The number of hydrogen-bond acceptors (Lipinski definition) is 4. The molecule has 0 bridgehead atoms. The molecule has 4 nitrogen and oxygen atoms in total. The molecule has 0 radical (unpaired) electrons. The third kappa shape index (κ3) is 5.30. The van der Waals surface area contributed by atoms with E-state index in [1.807, 2.05) is 60.8 Å². The predicted octanol–water partition coefficient (Wildman–Crippen LogP) is 5.87. The molecule has 0 unspecified atom stereocenters. The molecular formula is C26H26N2O2S. The normalized spacial score (nSPS) is 13.0. The number of nitrogens with one attached hydrogen (secondary N) is 1. The minimum Gasteiger partial charge on any atom is -0.490 e. The van der Waals surface area contributed by atoms with Gasteiger partial charge < -0.3 is 10.1 Å². The number of aryl methyl sites for hydroxylation is 1. The van der Waals surface area contributed by atoms with Crippen molar-refractivity contribution in [3.05, 3.63) is 94.4 Å². The van der Waals surface area contributed by atoms with Crippen LogP contribution in [0.5, 0.6) is 5.75 Å². The van der Waals surface area contributed by atoms with Crippen molar-refractivity contribution in [1.82, 2.24) is 5.32 Å². The maximum Gasteiger partial charge on any atom is 0.254 e. The van der Waals surface area contributed by atoms with Gasteiger partial charge in [0, 0.05) is 17.6 Å². The quantitative estimate of drug-likeness (QED) is 0.359. The highest BCUT2D eigenvalue weighted by Gasteiger charge is 2.25. The number of thiophene rings is 1. The van der Waals surface area contributed by atoms with Crippen molar-refractivity contribution in [2.75, 3.05) is 6.61 Å². The molecule has 1 N–H and O–H groups in total. The molecule has 0 atom stereocenters. The highest BCUT2D eigenvalue weighted by molar-refractivity contribution is 7.16. The maximum atomic E-state index is 13.1. The Morgan fingerprint density at radius 2 is 1.87 bits per heavy atom. The minimum atomic E-state index is -0.0384. The smallest absolute Gasteiger partial charge is 0.254 e. The number of benzene rings is 2. The van der Waals surface area contributed by atoms with Crippen molar-refractivity contribution >= 4 is 28.5 Å². The molecule has 0 fully saturated rings. The molecule has 0 spiro atoms. The fraction of sp³-hybridized carbons (Fsp3) is 0.231. The lowest BCUT2D eigenvalue weighted by atomic mass is 9.95. The van der Waals surface area contributed by atoms with E-state index in [2.05, 4.69) is 11.9 Å². The number of carbonyl (C=O) groups excluding carboxylic acids is 1. The standard InChI is InChI=1S/C26H26N2O2S/c1-2-16-30-21-14-12-20(13-15-21)18-28-26-24(22-10-6-7-11-23(22)31-26)25(29)27-17-19-8-4-3-5-9-19/h2-5,8-9,12-15,18H,1,6-7,10-11,16-17H2,(H,27,29). The van der Waals surface area contributed by atoms with E-state index < -0.39 is 0 Å². The highest BCUT2D eigenvalue weighted by atomic mass is 32.1. The van der Waals surface area contributed by atoms with Crippen molar-refractivity contribution in [2.24, 2.45) is 4.99 Å². The van der Waals surface area contributed by atoms with Gasteiger partial charge in [0.25, 0.3) is 5.91 Å². The number of ether oxygens (including phenoxy) is 1. The van der Waals surface area contributed by atoms with Crippen LogP contribution in [-0.2, 0) is 19.4 Å². The van der Waals surface area contributed by atoms with Crippen LogP contribution in [0, 0.1) is 0 Å². The summed E-state index contributed by atoms with van der Waals surface area (Å²) in [7, 11) is 0. The summed E-state index contributed by atoms with van der Waals surface area (Å²) in [6, 6.07) is 17.7. The van der Waals surface area contributed by atoms with Crippen molar-refractivity contribution in [2.45, 2.75) is 32.2 Å². The van der Waals surface area contributed by atoms with Gasteiger partial charge >= 0.3 is 0 Å². The maximum absolute atomic E-state index is 13.1. The van der Waals surface area contributed by atoms with Gasteiger partial charge in [-0.25, -0.2) is 4.99 Å². The third-order valence-electron chi connectivity index (χ3n) is 5.25. The Labute approximate surface area is 187 Å². The van der Waals surface area contributed by atoms with Gasteiger partial charge in [0.15, 0.2) is 0 Å². The second-order valence-corrected chi connectivity index (χ2v) is 8.57. The van der Waals surface area contributed by atoms with Gasteiger partial charge in [-0.1, -0.05) is 43.0 Å². The third-order valence-corrected chi connectivity index (χ3v) is 6.45. The molecule has 158 valence electrons. The summed E-state index contributed by atoms with van der Waals surface area (Å²) in [6.07, 6.45) is 7.82. The first-order valence-corrected chi connectivity index (χ1v) is 11.4. The van der Waals surface area contributed by atoms with Crippen LogP contribution in [0.1, 0.15) is 44.8 Å². The average molecular weight is 431 g/mol. The number of nitrogens with zero attached hydrogens (tertiary/aromatic N) is 1. The molecule has 1 aliphatic rings. The van der Waals surface area contributed by atoms with Crippen LogP contribution < -0.4 is 10.1 Å². The summed E-state index contributed by atoms with van der Waals surface area (Å²) in [5.74, 6) is 0.758. The van der Waals surface area contributed by atoms with Gasteiger partial charge in [-0.3, -0.25) is 4.79 Å². The predicted molar refractivity (Wildman–Crippen MR) is 128 cm³/mol. The van der Waals surface area contributed by atoms with E-state index in [0.717, 1.165) is 46.7 Å². The largest absolute Gasteiger partial charge is 0.490 e. The number of rotatable bonds is 8. The Balaban J connectivity index is 1.54. The second-order valence-electron chi connectivity index (χ2n) is 7.49. The summed E-state index contributed by atoms with van der Waals surface area (Å²) >= 11 is 1.65. The van der Waals surface area contributed by atoms with E-state index in [0.29, 0.717) is 13.2 Å². The molecule has 31 heavy (non-hydrogen) atoms. The number of aliphatic imine (C=N–C) groups is 1. The molecule has 1 amide bonds. The summed E-state index contributed by atoms with van der Waals surface area (Å²) in [5, 5.41) is 3.88. The van der Waals surface area contributed by atoms with Gasteiger partial charge in [-0.2, -0.15) is 0 Å². The number of hydrogen-bond donors (Lipinski definition) is 1. The Morgan fingerprint density at radius 1 is 1.10 bits per heavy atom. The van der Waals surface area contributed by atoms with Gasteiger partial charge in [-0.15, -0.1) is 11.3 Å². The van der Waals surface area contributed by atoms with Crippen LogP contribution in [0.2, 0.25) is 0 Å². The Bertz CT molecular complexity index is 1070. The van der Waals surface area contributed by atoms with E-state index in [9.17, 15) is 4.79 Å². The summed E-state index contributed by atoms with van der Waals surface area (Å²) in [4.78, 5) is 19.2. The molecular weight excluding hydrogens is 404 g/mol. The van der Waals surface area contributed by atoms with Gasteiger partial charge in [0.1, 0.15) is 17.4 Å². The first kappa shape index (κ1) is 21.1. The van der Waals surface area contributed by atoms with E-state index in [4.69, 9.17) is 9.73 Å². The summed E-state index contributed by atoms with van der Waals surface area (Å²) < 4.78 is 5.53. The van der Waals surface area contributed by atoms with Crippen LogP contribution >= 0.6 is 11.3 Å². The van der Waals surface area contributed by atoms with E-state index >= 15 is 0 Å². The van der Waals surface area contributed by atoms with Crippen LogP contribution in [0.25, 0.3) is 0 Å². The van der Waals surface area contributed by atoms with E-state index in [1.54, 1.807) is 17.4 Å². The molecule has 0 saturated carbocycles. The SMILES string of the molecule is C=CCOc1ccc(C=Nc2sc3c(c2C(=O)NCc2ccccc2)CCCC3)cc1. The Morgan fingerprint density at radius 3 is 2.65 bits per heavy atom. The topological polar surface area (TPSA) is 50.7 Å². The lowest BCUT2D eigenvalue weighted by Gasteiger charge is -2.12. The second kappa shape index (κ2) is 10.2. The zero-order chi connectivity index (χ0) is 21.5. The number of amides is 1. The zero-order valence-electron chi connectivity index (χ0n) is 17.5. The number of fused-ring (bicyclic) bond motifs is 1. The first-order chi connectivity index (χ1) is 15.2. The van der Waals surface area contributed by atoms with E-state index in [-0.39, 0.29) is 5.91 Å². The molecule has 2 aromatic carbocycles. The van der Waals surface area contributed by atoms with Crippen LogP contribution in [0.15, 0.2) is 72.2 Å².